The van der Waals surface area contributed by atoms with Gasteiger partial charge >= 0.3 is 0 Å². The van der Waals surface area contributed by atoms with E-state index in [1.807, 2.05) is 24.3 Å². The number of rotatable bonds is 8. The molecule has 1 aliphatic heterocycles. The fraction of sp³-hybridized carbons (Fsp3) is 0.481. The van der Waals surface area contributed by atoms with E-state index in [9.17, 15) is 8.39 Å². The molecule has 0 fully saturated rings. The maximum atomic E-state index is 13.2. The molecule has 0 saturated carbocycles. The molecule has 1 N–H and O–H groups in total. The quantitative estimate of drug-likeness (QED) is 0.307. The maximum Gasteiger partial charge on any atom is 0.293 e. The van der Waals surface area contributed by atoms with Crippen molar-refractivity contribution in [3.8, 4) is 0 Å². The predicted molar refractivity (Wildman–Crippen MR) is 138 cm³/mol. The SMILES string of the molecule is C=C(Nc1ccccc1C1=CN(C)C(P(F)F)C=C1)/C(C)=C(\C)C(C)(C)CCC(C)(C)C. The van der Waals surface area contributed by atoms with Gasteiger partial charge in [-0.1, -0.05) is 77.1 Å². The van der Waals surface area contributed by atoms with Crippen molar-refractivity contribution in [3.63, 3.8) is 0 Å². The van der Waals surface area contributed by atoms with Gasteiger partial charge in [-0.05, 0) is 54.7 Å². The van der Waals surface area contributed by atoms with Crippen LogP contribution >= 0.6 is 8.54 Å². The number of hydrogen-bond donors (Lipinski definition) is 1. The second-order valence-electron chi connectivity index (χ2n) is 10.6. The highest BCUT2D eigenvalue weighted by Gasteiger charge is 2.26. The first-order valence-corrected chi connectivity index (χ1v) is 12.4. The Labute approximate surface area is 195 Å². The van der Waals surface area contributed by atoms with Crippen molar-refractivity contribution in [2.45, 2.75) is 67.1 Å². The predicted octanol–water partition coefficient (Wildman–Crippen LogP) is 9.22. The van der Waals surface area contributed by atoms with Gasteiger partial charge in [0.1, 0.15) is 5.78 Å². The van der Waals surface area contributed by atoms with Crippen molar-refractivity contribution >= 4 is 19.8 Å². The molecule has 1 aromatic rings. The van der Waals surface area contributed by atoms with Crippen LogP contribution in [0, 0.1) is 10.8 Å². The van der Waals surface area contributed by atoms with Crippen molar-refractivity contribution in [1.82, 2.24) is 4.90 Å². The summed E-state index contributed by atoms with van der Waals surface area (Å²) in [4.78, 5) is 1.60. The number of para-hydroxylation sites is 1. The van der Waals surface area contributed by atoms with Gasteiger partial charge in [-0.15, -0.1) is 0 Å². The average molecular weight is 461 g/mol. The van der Waals surface area contributed by atoms with Gasteiger partial charge in [0.15, 0.2) is 0 Å². The largest absolute Gasteiger partial charge is 0.365 e. The minimum Gasteiger partial charge on any atom is -0.365 e. The van der Waals surface area contributed by atoms with Crippen LogP contribution in [0.1, 0.15) is 66.9 Å². The summed E-state index contributed by atoms with van der Waals surface area (Å²) in [6, 6.07) is 7.95. The van der Waals surface area contributed by atoms with Crippen molar-refractivity contribution in [3.05, 3.63) is 71.6 Å². The summed E-state index contributed by atoms with van der Waals surface area (Å²) in [5.41, 5.74) is 6.52. The number of halogens is 2. The fourth-order valence-electron chi connectivity index (χ4n) is 3.74. The lowest BCUT2D eigenvalue weighted by Gasteiger charge is -2.32. The molecule has 1 aromatic carbocycles. The van der Waals surface area contributed by atoms with Crippen molar-refractivity contribution in [2.24, 2.45) is 10.8 Å². The van der Waals surface area contributed by atoms with Crippen LogP contribution in [0.15, 0.2) is 66.0 Å². The zero-order valence-corrected chi connectivity index (χ0v) is 21.8. The molecule has 0 aliphatic carbocycles. The highest BCUT2D eigenvalue weighted by atomic mass is 31.2. The van der Waals surface area contributed by atoms with E-state index >= 15 is 0 Å². The molecule has 5 heteroatoms. The molecule has 1 heterocycles. The highest BCUT2D eigenvalue weighted by Crippen LogP contribution is 2.48. The number of nitrogens with zero attached hydrogens (tertiary/aromatic N) is 1. The van der Waals surface area contributed by atoms with E-state index in [0.717, 1.165) is 40.9 Å². The average Bonchev–Trinajstić information content (AvgIpc) is 2.70. The molecule has 1 atom stereocenters. The smallest absolute Gasteiger partial charge is 0.293 e. The van der Waals surface area contributed by atoms with Gasteiger partial charge in [-0.25, -0.2) is 0 Å². The molecule has 0 radical (unpaired) electrons. The van der Waals surface area contributed by atoms with E-state index in [4.69, 9.17) is 0 Å². The standard InChI is InChI=1S/C27H39F2N2P/c1-19(20(2)27(7,8)17-16-26(4,5)6)21(3)30-24-13-11-10-12-23(24)22-14-15-25(32(28)29)31(9)18-22/h10-15,18,25,30H,3,16-17H2,1-2,4-9H3/b20-19+. The number of hydrogen-bond acceptors (Lipinski definition) is 2. The molecular formula is C27H39F2N2P. The van der Waals surface area contributed by atoms with Gasteiger partial charge in [0, 0.05) is 30.2 Å². The summed E-state index contributed by atoms with van der Waals surface area (Å²) in [5, 5.41) is 3.49. The molecule has 0 spiro atoms. The van der Waals surface area contributed by atoms with Crippen LogP contribution in [0.5, 0.6) is 0 Å². The second kappa shape index (κ2) is 10.3. The van der Waals surface area contributed by atoms with Crippen molar-refractivity contribution in [1.29, 1.82) is 0 Å². The van der Waals surface area contributed by atoms with Crippen molar-refractivity contribution in [2.75, 3.05) is 12.4 Å². The Balaban J connectivity index is 2.25. The summed E-state index contributed by atoms with van der Waals surface area (Å²) in [6.45, 7) is 20.1. The minimum atomic E-state index is -3.05. The Morgan fingerprint density at radius 1 is 1.09 bits per heavy atom. The maximum absolute atomic E-state index is 13.2. The van der Waals surface area contributed by atoms with E-state index < -0.39 is 14.3 Å². The van der Waals surface area contributed by atoms with Crippen LogP contribution in [-0.2, 0) is 0 Å². The number of allylic oxidation sites excluding steroid dienone is 4. The third-order valence-corrected chi connectivity index (χ3v) is 7.40. The van der Waals surface area contributed by atoms with E-state index in [2.05, 4.69) is 60.4 Å². The number of nitrogens with one attached hydrogen (secondary N) is 1. The third kappa shape index (κ3) is 6.78. The molecule has 32 heavy (non-hydrogen) atoms. The minimum absolute atomic E-state index is 0.0744. The normalized spacial score (nSPS) is 17.9. The van der Waals surface area contributed by atoms with Crippen LogP contribution in [0.4, 0.5) is 14.1 Å². The lowest BCUT2D eigenvalue weighted by atomic mass is 9.74. The number of benzene rings is 1. The van der Waals surface area contributed by atoms with Gasteiger partial charge in [-0.2, -0.15) is 8.39 Å². The van der Waals surface area contributed by atoms with E-state index in [-0.39, 0.29) is 5.41 Å². The summed E-state index contributed by atoms with van der Waals surface area (Å²) in [5.74, 6) is -0.827. The topological polar surface area (TPSA) is 15.3 Å². The van der Waals surface area contributed by atoms with Gasteiger partial charge in [0.25, 0.3) is 8.54 Å². The molecule has 2 nitrogen and oxygen atoms in total. The zero-order valence-electron chi connectivity index (χ0n) is 20.9. The molecule has 0 aromatic heterocycles. The lowest BCUT2D eigenvalue weighted by Crippen LogP contribution is -2.24. The van der Waals surface area contributed by atoms with E-state index in [0.29, 0.717) is 5.41 Å². The Hall–Kier alpha value is -1.93. The molecular weight excluding hydrogens is 421 g/mol. The first-order valence-electron chi connectivity index (χ1n) is 11.2. The Morgan fingerprint density at radius 3 is 2.28 bits per heavy atom. The molecule has 176 valence electrons. The first-order chi connectivity index (χ1) is 14.7. The van der Waals surface area contributed by atoms with Gasteiger partial charge < -0.3 is 10.2 Å². The molecule has 0 bridgehead atoms. The molecule has 1 aliphatic rings. The zero-order chi connectivity index (χ0) is 24.3. The first kappa shape index (κ1) is 26.3. The summed E-state index contributed by atoms with van der Waals surface area (Å²) in [6.07, 6.45) is 7.46. The second-order valence-corrected chi connectivity index (χ2v) is 11.7. The Morgan fingerprint density at radius 2 is 1.72 bits per heavy atom. The molecule has 0 saturated heterocycles. The van der Waals surface area contributed by atoms with Crippen LogP contribution in [-0.4, -0.2) is 17.7 Å². The lowest BCUT2D eigenvalue weighted by molar-refractivity contribution is 0.288. The summed E-state index contributed by atoms with van der Waals surface area (Å²) >= 11 is 0. The van der Waals surface area contributed by atoms with Crippen LogP contribution in [0.25, 0.3) is 5.57 Å². The number of likely N-dealkylation sites (N-methyl/N-ethyl adjacent to an activating group) is 1. The van der Waals surface area contributed by atoms with Crippen LogP contribution in [0.3, 0.4) is 0 Å². The Bertz CT molecular complexity index is 920. The monoisotopic (exact) mass is 460 g/mol. The third-order valence-electron chi connectivity index (χ3n) is 6.46. The van der Waals surface area contributed by atoms with Crippen molar-refractivity contribution < 1.29 is 8.39 Å². The molecule has 0 amide bonds. The molecule has 1 unspecified atom stereocenters. The summed E-state index contributed by atoms with van der Waals surface area (Å²) in [7, 11) is -1.34. The Kier molecular flexibility index (Phi) is 8.50. The number of anilines is 1. The van der Waals surface area contributed by atoms with Crippen LogP contribution in [0.2, 0.25) is 0 Å². The van der Waals surface area contributed by atoms with Gasteiger partial charge in [-0.3, -0.25) is 0 Å². The van der Waals surface area contributed by atoms with Crippen LogP contribution < -0.4 is 5.32 Å². The van der Waals surface area contributed by atoms with E-state index in [1.165, 1.54) is 5.57 Å². The van der Waals surface area contributed by atoms with Gasteiger partial charge in [0.05, 0.1) is 0 Å². The van der Waals surface area contributed by atoms with E-state index in [1.54, 1.807) is 30.3 Å². The summed E-state index contributed by atoms with van der Waals surface area (Å²) < 4.78 is 26.5. The molecule has 2 rings (SSSR count). The highest BCUT2D eigenvalue weighted by molar-refractivity contribution is 7.47. The van der Waals surface area contributed by atoms with Gasteiger partial charge in [0.2, 0.25) is 0 Å². The fourth-order valence-corrected chi connectivity index (χ4v) is 4.29.